The van der Waals surface area contributed by atoms with Crippen molar-refractivity contribution in [3.05, 3.63) is 23.8 Å². The Balaban J connectivity index is 2.18. The highest BCUT2D eigenvalue weighted by Crippen LogP contribution is 2.34. The second kappa shape index (κ2) is 5.76. The highest BCUT2D eigenvalue weighted by atomic mass is 16.5. The molecule has 1 N–H and O–H groups in total. The highest BCUT2D eigenvalue weighted by Gasteiger charge is 2.21. The Kier molecular flexibility index (Phi) is 4.07. The number of aromatic carboxylic acids is 1. The van der Waals surface area contributed by atoms with E-state index < -0.39 is 5.97 Å². The first-order valence-corrected chi connectivity index (χ1v) is 6.34. The van der Waals surface area contributed by atoms with Crippen LogP contribution in [-0.2, 0) is 0 Å². The molecule has 1 fully saturated rings. The summed E-state index contributed by atoms with van der Waals surface area (Å²) in [5, 5.41) is 9.16. The van der Waals surface area contributed by atoms with E-state index in [1.165, 1.54) is 19.3 Å². The van der Waals surface area contributed by atoms with E-state index in [4.69, 9.17) is 14.6 Å². The molecule has 1 aliphatic carbocycles. The van der Waals surface area contributed by atoms with Crippen LogP contribution in [0.1, 0.15) is 36.5 Å². The molecule has 1 saturated carbocycles. The molecule has 0 bridgehead atoms. The van der Waals surface area contributed by atoms with Gasteiger partial charge in [0, 0.05) is 0 Å². The number of carboxylic acid groups (broad SMARTS) is 1. The molecule has 98 valence electrons. The van der Waals surface area contributed by atoms with E-state index in [9.17, 15) is 4.79 Å². The van der Waals surface area contributed by atoms with Gasteiger partial charge in [-0.05, 0) is 37.8 Å². The maximum Gasteiger partial charge on any atom is 0.339 e. The molecule has 0 unspecified atom stereocenters. The number of ether oxygens (including phenoxy) is 2. The average molecular weight is 250 g/mol. The minimum atomic E-state index is -0.986. The monoisotopic (exact) mass is 250 g/mol. The molecule has 1 aromatic carbocycles. The predicted octanol–water partition coefficient (Wildman–Crippen LogP) is 2.96. The van der Waals surface area contributed by atoms with E-state index in [0.717, 1.165) is 0 Å². The number of para-hydroxylation sites is 1. The lowest BCUT2D eigenvalue weighted by Crippen LogP contribution is -2.20. The molecule has 1 aliphatic rings. The Labute approximate surface area is 107 Å². The van der Waals surface area contributed by atoms with Crippen LogP contribution in [0.4, 0.5) is 0 Å². The summed E-state index contributed by atoms with van der Waals surface area (Å²) in [5.74, 6) is 0.442. The van der Waals surface area contributed by atoms with Crippen LogP contribution in [0, 0.1) is 5.92 Å². The summed E-state index contributed by atoms with van der Waals surface area (Å²) in [7, 11) is 0. The van der Waals surface area contributed by atoms with Gasteiger partial charge in [0.1, 0.15) is 5.56 Å². The van der Waals surface area contributed by atoms with E-state index in [-0.39, 0.29) is 5.56 Å². The van der Waals surface area contributed by atoms with Gasteiger partial charge in [-0.25, -0.2) is 4.79 Å². The van der Waals surface area contributed by atoms with Crippen LogP contribution in [0.3, 0.4) is 0 Å². The van der Waals surface area contributed by atoms with Crippen molar-refractivity contribution in [1.29, 1.82) is 0 Å². The Hall–Kier alpha value is -1.71. The fourth-order valence-corrected chi connectivity index (χ4v) is 1.96. The third-order valence-corrected chi connectivity index (χ3v) is 3.20. The van der Waals surface area contributed by atoms with Gasteiger partial charge in [-0.3, -0.25) is 0 Å². The quantitative estimate of drug-likeness (QED) is 0.843. The molecule has 18 heavy (non-hydrogen) atoms. The zero-order valence-corrected chi connectivity index (χ0v) is 10.5. The maximum absolute atomic E-state index is 11.2. The average Bonchev–Trinajstić information content (AvgIpc) is 2.28. The first-order chi connectivity index (χ1) is 8.72. The molecule has 0 radical (unpaired) electrons. The normalized spacial score (nSPS) is 14.9. The van der Waals surface area contributed by atoms with Gasteiger partial charge in [-0.1, -0.05) is 12.5 Å². The van der Waals surface area contributed by atoms with Crippen LogP contribution < -0.4 is 9.47 Å². The Morgan fingerprint density at radius 1 is 1.39 bits per heavy atom. The SMILES string of the molecule is CCOc1cccc(C(=O)O)c1OCC1CCC1. The lowest BCUT2D eigenvalue weighted by atomic mass is 9.86. The molecule has 2 rings (SSSR count). The van der Waals surface area contributed by atoms with Crippen LogP contribution in [0.2, 0.25) is 0 Å². The second-order valence-electron chi connectivity index (χ2n) is 4.48. The summed E-state index contributed by atoms with van der Waals surface area (Å²) in [4.78, 5) is 11.2. The lowest BCUT2D eigenvalue weighted by molar-refractivity contribution is 0.0688. The van der Waals surface area contributed by atoms with Crippen molar-refractivity contribution in [3.63, 3.8) is 0 Å². The largest absolute Gasteiger partial charge is 0.490 e. The van der Waals surface area contributed by atoms with Crippen molar-refractivity contribution in [3.8, 4) is 11.5 Å². The van der Waals surface area contributed by atoms with Crippen LogP contribution >= 0.6 is 0 Å². The van der Waals surface area contributed by atoms with E-state index >= 15 is 0 Å². The van der Waals surface area contributed by atoms with Gasteiger partial charge in [0.25, 0.3) is 0 Å². The van der Waals surface area contributed by atoms with Gasteiger partial charge in [-0.2, -0.15) is 0 Å². The van der Waals surface area contributed by atoms with Crippen molar-refractivity contribution >= 4 is 5.97 Å². The van der Waals surface area contributed by atoms with Crippen molar-refractivity contribution in [2.75, 3.05) is 13.2 Å². The zero-order valence-electron chi connectivity index (χ0n) is 10.5. The molecule has 0 amide bonds. The topological polar surface area (TPSA) is 55.8 Å². The standard InChI is InChI=1S/C14H18O4/c1-2-17-12-8-4-7-11(14(15)16)13(12)18-9-10-5-3-6-10/h4,7-8,10H,2-3,5-6,9H2,1H3,(H,15,16). The summed E-state index contributed by atoms with van der Waals surface area (Å²) in [6.07, 6.45) is 3.57. The van der Waals surface area contributed by atoms with Gasteiger partial charge in [0.05, 0.1) is 13.2 Å². The Morgan fingerprint density at radius 3 is 2.72 bits per heavy atom. The Morgan fingerprint density at radius 2 is 2.17 bits per heavy atom. The van der Waals surface area contributed by atoms with E-state index in [1.807, 2.05) is 6.92 Å². The molecular formula is C14H18O4. The fraction of sp³-hybridized carbons (Fsp3) is 0.500. The van der Waals surface area contributed by atoms with Gasteiger partial charge >= 0.3 is 5.97 Å². The molecular weight excluding hydrogens is 232 g/mol. The third kappa shape index (κ3) is 2.75. The highest BCUT2D eigenvalue weighted by molar-refractivity contribution is 5.92. The number of rotatable bonds is 6. The summed E-state index contributed by atoms with van der Waals surface area (Å²) in [6.45, 7) is 2.93. The number of carbonyl (C=O) groups is 1. The molecule has 0 aromatic heterocycles. The number of hydrogen-bond acceptors (Lipinski definition) is 3. The Bertz CT molecular complexity index is 424. The van der Waals surface area contributed by atoms with Crippen molar-refractivity contribution in [2.45, 2.75) is 26.2 Å². The number of benzene rings is 1. The number of hydrogen-bond donors (Lipinski definition) is 1. The number of carboxylic acids is 1. The summed E-state index contributed by atoms with van der Waals surface area (Å²) < 4.78 is 11.1. The maximum atomic E-state index is 11.2. The second-order valence-corrected chi connectivity index (χ2v) is 4.48. The molecule has 4 heteroatoms. The fourth-order valence-electron chi connectivity index (χ4n) is 1.96. The minimum absolute atomic E-state index is 0.167. The molecule has 0 aliphatic heterocycles. The van der Waals surface area contributed by atoms with Crippen LogP contribution in [-0.4, -0.2) is 24.3 Å². The molecule has 0 atom stereocenters. The first kappa shape index (κ1) is 12.7. The van der Waals surface area contributed by atoms with Crippen molar-refractivity contribution in [2.24, 2.45) is 5.92 Å². The van der Waals surface area contributed by atoms with Crippen LogP contribution in [0.25, 0.3) is 0 Å². The molecule has 0 heterocycles. The summed E-state index contributed by atoms with van der Waals surface area (Å²) in [6, 6.07) is 4.96. The summed E-state index contributed by atoms with van der Waals surface area (Å²) >= 11 is 0. The van der Waals surface area contributed by atoms with Crippen LogP contribution in [0.5, 0.6) is 11.5 Å². The van der Waals surface area contributed by atoms with Gasteiger partial charge in [-0.15, -0.1) is 0 Å². The van der Waals surface area contributed by atoms with E-state index in [2.05, 4.69) is 0 Å². The molecule has 0 saturated heterocycles. The smallest absolute Gasteiger partial charge is 0.339 e. The molecule has 4 nitrogen and oxygen atoms in total. The van der Waals surface area contributed by atoms with Crippen LogP contribution in [0.15, 0.2) is 18.2 Å². The zero-order chi connectivity index (χ0) is 13.0. The molecule has 1 aromatic rings. The van der Waals surface area contributed by atoms with Gasteiger partial charge in [0.15, 0.2) is 11.5 Å². The first-order valence-electron chi connectivity index (χ1n) is 6.34. The van der Waals surface area contributed by atoms with Gasteiger partial charge < -0.3 is 14.6 Å². The van der Waals surface area contributed by atoms with Gasteiger partial charge in [0.2, 0.25) is 0 Å². The summed E-state index contributed by atoms with van der Waals surface area (Å²) in [5.41, 5.74) is 0.167. The van der Waals surface area contributed by atoms with Crippen molar-refractivity contribution < 1.29 is 19.4 Å². The minimum Gasteiger partial charge on any atom is -0.490 e. The predicted molar refractivity (Wildman–Crippen MR) is 67.4 cm³/mol. The van der Waals surface area contributed by atoms with E-state index in [0.29, 0.717) is 30.6 Å². The van der Waals surface area contributed by atoms with E-state index in [1.54, 1.807) is 18.2 Å². The van der Waals surface area contributed by atoms with Crippen molar-refractivity contribution in [1.82, 2.24) is 0 Å². The lowest BCUT2D eigenvalue weighted by Gasteiger charge is -2.26. The molecule has 0 spiro atoms. The third-order valence-electron chi connectivity index (χ3n) is 3.20.